The Balaban J connectivity index is 1.83. The Labute approximate surface area is 126 Å². The summed E-state index contributed by atoms with van der Waals surface area (Å²) in [4.78, 5) is 25.8. The summed E-state index contributed by atoms with van der Waals surface area (Å²) < 4.78 is 0. The molecule has 0 bridgehead atoms. The molecule has 4 heteroatoms. The van der Waals surface area contributed by atoms with Gasteiger partial charge in [-0.25, -0.2) is 0 Å². The lowest BCUT2D eigenvalue weighted by Crippen LogP contribution is -2.30. The maximum absolute atomic E-state index is 12.2. The number of carbonyl (C=O) groups is 2. The van der Waals surface area contributed by atoms with Gasteiger partial charge in [-0.3, -0.25) is 14.5 Å². The number of rotatable bonds is 7. The summed E-state index contributed by atoms with van der Waals surface area (Å²) in [5, 5.41) is 0. The SMILES string of the molecule is CC(C)CCCCCCN1C(=O)c2ccc(N)cc2C1=O. The van der Waals surface area contributed by atoms with Crippen LogP contribution < -0.4 is 5.73 Å². The summed E-state index contributed by atoms with van der Waals surface area (Å²) >= 11 is 0. The second-order valence-corrected chi connectivity index (χ2v) is 6.16. The molecule has 1 heterocycles. The Morgan fingerprint density at radius 1 is 1.00 bits per heavy atom. The fourth-order valence-corrected chi connectivity index (χ4v) is 2.69. The van der Waals surface area contributed by atoms with Crippen molar-refractivity contribution in [3.63, 3.8) is 0 Å². The molecule has 0 fully saturated rings. The third kappa shape index (κ3) is 3.63. The molecule has 2 amide bonds. The van der Waals surface area contributed by atoms with Crippen molar-refractivity contribution >= 4 is 17.5 Å². The minimum Gasteiger partial charge on any atom is -0.399 e. The number of imide groups is 1. The van der Waals surface area contributed by atoms with Crippen LogP contribution in [0.4, 0.5) is 5.69 Å². The fourth-order valence-electron chi connectivity index (χ4n) is 2.69. The molecule has 114 valence electrons. The number of unbranched alkanes of at least 4 members (excludes halogenated alkanes) is 3. The minimum atomic E-state index is -0.204. The fraction of sp³-hybridized carbons (Fsp3) is 0.529. The zero-order chi connectivity index (χ0) is 15.4. The minimum absolute atomic E-state index is 0.183. The van der Waals surface area contributed by atoms with Gasteiger partial charge in [0.25, 0.3) is 11.8 Å². The molecule has 0 atom stereocenters. The molecule has 0 unspecified atom stereocenters. The summed E-state index contributed by atoms with van der Waals surface area (Å²) in [6.07, 6.45) is 5.55. The van der Waals surface area contributed by atoms with Crippen LogP contribution in [0.3, 0.4) is 0 Å². The van der Waals surface area contributed by atoms with Crippen molar-refractivity contribution in [3.8, 4) is 0 Å². The van der Waals surface area contributed by atoms with Crippen molar-refractivity contribution in [3.05, 3.63) is 29.3 Å². The van der Waals surface area contributed by atoms with Crippen molar-refractivity contribution in [1.29, 1.82) is 0 Å². The quantitative estimate of drug-likeness (QED) is 0.474. The van der Waals surface area contributed by atoms with Gasteiger partial charge < -0.3 is 5.73 Å². The number of nitrogens with two attached hydrogens (primary N) is 1. The van der Waals surface area contributed by atoms with Gasteiger partial charge in [0, 0.05) is 12.2 Å². The highest BCUT2D eigenvalue weighted by atomic mass is 16.2. The van der Waals surface area contributed by atoms with Crippen molar-refractivity contribution < 1.29 is 9.59 Å². The van der Waals surface area contributed by atoms with Crippen LogP contribution in [-0.2, 0) is 0 Å². The molecule has 0 aliphatic carbocycles. The van der Waals surface area contributed by atoms with Gasteiger partial charge in [0.2, 0.25) is 0 Å². The maximum atomic E-state index is 12.2. The molecule has 2 rings (SSSR count). The number of fused-ring (bicyclic) bond motifs is 1. The molecule has 4 nitrogen and oxygen atoms in total. The lowest BCUT2D eigenvalue weighted by atomic mass is 10.0. The molecule has 0 saturated heterocycles. The second-order valence-electron chi connectivity index (χ2n) is 6.16. The third-order valence-corrected chi connectivity index (χ3v) is 3.91. The van der Waals surface area contributed by atoms with Crippen LogP contribution in [0.25, 0.3) is 0 Å². The van der Waals surface area contributed by atoms with E-state index in [-0.39, 0.29) is 11.8 Å². The molecule has 0 radical (unpaired) electrons. The number of anilines is 1. The number of nitrogen functional groups attached to an aromatic ring is 1. The number of amides is 2. The molecular formula is C17H24N2O2. The molecule has 1 aliphatic heterocycles. The van der Waals surface area contributed by atoms with E-state index in [1.54, 1.807) is 18.2 Å². The van der Waals surface area contributed by atoms with Crippen molar-refractivity contribution in [1.82, 2.24) is 4.90 Å². The van der Waals surface area contributed by atoms with Crippen molar-refractivity contribution in [2.24, 2.45) is 5.92 Å². The molecule has 1 aromatic carbocycles. The van der Waals surface area contributed by atoms with Gasteiger partial charge in [-0.2, -0.15) is 0 Å². The van der Waals surface area contributed by atoms with E-state index in [1.165, 1.54) is 17.7 Å². The predicted molar refractivity (Wildman–Crippen MR) is 84.1 cm³/mol. The Morgan fingerprint density at radius 2 is 1.67 bits per heavy atom. The maximum Gasteiger partial charge on any atom is 0.261 e. The van der Waals surface area contributed by atoms with E-state index in [0.29, 0.717) is 23.4 Å². The molecule has 2 N–H and O–H groups in total. The molecule has 1 aliphatic rings. The molecule has 0 aromatic heterocycles. The van der Waals surface area contributed by atoms with Crippen LogP contribution in [0.15, 0.2) is 18.2 Å². The third-order valence-electron chi connectivity index (χ3n) is 3.91. The molecule has 0 spiro atoms. The lowest BCUT2D eigenvalue weighted by Gasteiger charge is -2.13. The Hall–Kier alpha value is -1.84. The van der Waals surface area contributed by atoms with E-state index in [9.17, 15) is 9.59 Å². The average molecular weight is 288 g/mol. The first kappa shape index (κ1) is 15.5. The van der Waals surface area contributed by atoms with E-state index in [1.807, 2.05) is 0 Å². The smallest absolute Gasteiger partial charge is 0.261 e. The average Bonchev–Trinajstić information content (AvgIpc) is 2.66. The predicted octanol–water partition coefficient (Wildman–Crippen LogP) is 3.47. The van der Waals surface area contributed by atoms with E-state index in [0.717, 1.165) is 25.2 Å². The Kier molecular flexibility index (Phi) is 4.99. The Bertz CT molecular complexity index is 538. The highest BCUT2D eigenvalue weighted by Gasteiger charge is 2.34. The van der Waals surface area contributed by atoms with Crippen molar-refractivity contribution in [2.45, 2.75) is 46.0 Å². The van der Waals surface area contributed by atoms with Crippen LogP contribution in [0.5, 0.6) is 0 Å². The van der Waals surface area contributed by atoms with Crippen molar-refractivity contribution in [2.75, 3.05) is 12.3 Å². The molecule has 1 aromatic rings. The number of carbonyl (C=O) groups excluding carboxylic acids is 2. The Morgan fingerprint density at radius 3 is 2.38 bits per heavy atom. The van der Waals surface area contributed by atoms with E-state index in [4.69, 9.17) is 5.73 Å². The van der Waals surface area contributed by atoms with Gasteiger partial charge in [-0.1, -0.05) is 39.5 Å². The van der Waals surface area contributed by atoms with Crippen LogP contribution in [0.2, 0.25) is 0 Å². The zero-order valence-electron chi connectivity index (χ0n) is 12.9. The standard InChI is InChI=1S/C17H24N2O2/c1-12(2)7-5-3-4-6-10-19-16(20)14-9-8-13(18)11-15(14)17(19)21/h8-9,11-12H,3-7,10,18H2,1-2H3. The molecular weight excluding hydrogens is 264 g/mol. The van der Waals surface area contributed by atoms with Crippen LogP contribution in [0, 0.1) is 5.92 Å². The molecule has 21 heavy (non-hydrogen) atoms. The lowest BCUT2D eigenvalue weighted by molar-refractivity contribution is 0.0651. The first-order valence-corrected chi connectivity index (χ1v) is 7.76. The largest absolute Gasteiger partial charge is 0.399 e. The second kappa shape index (κ2) is 6.74. The summed E-state index contributed by atoms with van der Waals surface area (Å²) in [5.41, 5.74) is 7.12. The summed E-state index contributed by atoms with van der Waals surface area (Å²) in [6, 6.07) is 4.91. The van der Waals surface area contributed by atoms with Gasteiger partial charge in [-0.05, 0) is 30.5 Å². The summed E-state index contributed by atoms with van der Waals surface area (Å²) in [5.74, 6) is 0.355. The number of nitrogens with zero attached hydrogens (tertiary/aromatic N) is 1. The number of hydrogen-bond acceptors (Lipinski definition) is 3. The van der Waals surface area contributed by atoms with Gasteiger partial charge in [0.15, 0.2) is 0 Å². The molecule has 0 saturated carbocycles. The topological polar surface area (TPSA) is 63.4 Å². The first-order chi connectivity index (χ1) is 10.0. The monoisotopic (exact) mass is 288 g/mol. The van der Waals surface area contributed by atoms with Gasteiger partial charge in [0.1, 0.15) is 0 Å². The highest BCUT2D eigenvalue weighted by molar-refractivity contribution is 6.21. The van der Waals surface area contributed by atoms with Crippen LogP contribution in [-0.4, -0.2) is 23.3 Å². The first-order valence-electron chi connectivity index (χ1n) is 7.76. The van der Waals surface area contributed by atoms with E-state index < -0.39 is 0 Å². The summed E-state index contributed by atoms with van der Waals surface area (Å²) in [7, 11) is 0. The highest BCUT2D eigenvalue weighted by Crippen LogP contribution is 2.25. The van der Waals surface area contributed by atoms with Gasteiger partial charge in [0.05, 0.1) is 11.1 Å². The normalized spacial score (nSPS) is 14.1. The van der Waals surface area contributed by atoms with Crippen LogP contribution in [0.1, 0.15) is 66.7 Å². The zero-order valence-corrected chi connectivity index (χ0v) is 12.9. The number of benzene rings is 1. The van der Waals surface area contributed by atoms with Gasteiger partial charge >= 0.3 is 0 Å². The number of hydrogen-bond donors (Lipinski definition) is 1. The van der Waals surface area contributed by atoms with Crippen LogP contribution >= 0.6 is 0 Å². The van der Waals surface area contributed by atoms with E-state index >= 15 is 0 Å². The summed E-state index contributed by atoms with van der Waals surface area (Å²) in [6.45, 7) is 4.96. The van der Waals surface area contributed by atoms with Gasteiger partial charge in [-0.15, -0.1) is 0 Å². The van der Waals surface area contributed by atoms with E-state index in [2.05, 4.69) is 13.8 Å².